The number of benzene rings is 2. The van der Waals surface area contributed by atoms with Crippen molar-refractivity contribution < 1.29 is 9.53 Å². The van der Waals surface area contributed by atoms with Gasteiger partial charge in [0.1, 0.15) is 5.75 Å². The van der Waals surface area contributed by atoms with E-state index >= 15 is 0 Å². The van der Waals surface area contributed by atoms with E-state index in [1.165, 1.54) is 0 Å². The summed E-state index contributed by atoms with van der Waals surface area (Å²) in [5.41, 5.74) is 2.18. The minimum absolute atomic E-state index is 0.205. The van der Waals surface area contributed by atoms with E-state index in [2.05, 4.69) is 11.0 Å². The molecule has 0 saturated carbocycles. The van der Waals surface area contributed by atoms with Gasteiger partial charge < -0.3 is 14.5 Å². The van der Waals surface area contributed by atoms with Crippen LogP contribution in [0.4, 0.5) is 5.69 Å². The van der Waals surface area contributed by atoms with E-state index in [1.807, 2.05) is 53.4 Å². The highest BCUT2D eigenvalue weighted by molar-refractivity contribution is 5.79. The van der Waals surface area contributed by atoms with Crippen LogP contribution in [0.25, 0.3) is 0 Å². The maximum Gasteiger partial charge on any atom is 0.227 e. The molecule has 1 amide bonds. The number of para-hydroxylation sites is 2. The third-order valence-corrected chi connectivity index (χ3v) is 4.26. The Morgan fingerprint density at radius 2 is 1.61 bits per heavy atom. The van der Waals surface area contributed by atoms with E-state index in [-0.39, 0.29) is 5.91 Å². The molecule has 1 aliphatic rings. The summed E-state index contributed by atoms with van der Waals surface area (Å²) in [5.74, 6) is 1.09. The van der Waals surface area contributed by atoms with Crippen LogP contribution in [0.2, 0.25) is 0 Å². The molecule has 2 aromatic carbocycles. The van der Waals surface area contributed by atoms with Crippen LogP contribution in [0.15, 0.2) is 54.6 Å². The molecule has 1 heterocycles. The van der Waals surface area contributed by atoms with Gasteiger partial charge in [0.2, 0.25) is 5.91 Å². The summed E-state index contributed by atoms with van der Waals surface area (Å²) in [6, 6.07) is 18.0. The largest absolute Gasteiger partial charge is 0.495 e. The van der Waals surface area contributed by atoms with Crippen molar-refractivity contribution in [2.24, 2.45) is 0 Å². The fourth-order valence-electron chi connectivity index (χ4n) is 2.97. The number of ether oxygens (including phenoxy) is 1. The van der Waals surface area contributed by atoms with Gasteiger partial charge in [-0.25, -0.2) is 0 Å². The lowest BCUT2D eigenvalue weighted by atomic mass is 10.1. The molecule has 0 N–H and O–H groups in total. The highest BCUT2D eigenvalue weighted by Gasteiger charge is 2.22. The summed E-state index contributed by atoms with van der Waals surface area (Å²) in [4.78, 5) is 16.7. The Bertz CT molecular complexity index is 649. The average Bonchev–Trinajstić information content (AvgIpc) is 2.62. The highest BCUT2D eigenvalue weighted by Crippen LogP contribution is 2.28. The van der Waals surface area contributed by atoms with E-state index < -0.39 is 0 Å². The predicted octanol–water partition coefficient (Wildman–Crippen LogP) is 2.59. The van der Waals surface area contributed by atoms with Crippen LogP contribution in [0.5, 0.6) is 5.75 Å². The Hall–Kier alpha value is -2.49. The van der Waals surface area contributed by atoms with Crippen molar-refractivity contribution in [3.8, 4) is 5.75 Å². The summed E-state index contributed by atoms with van der Waals surface area (Å²) >= 11 is 0. The first-order valence-electron chi connectivity index (χ1n) is 7.97. The van der Waals surface area contributed by atoms with Gasteiger partial charge in [0.05, 0.1) is 19.2 Å². The van der Waals surface area contributed by atoms with Crippen molar-refractivity contribution in [3.05, 3.63) is 60.2 Å². The number of hydrogen-bond donors (Lipinski definition) is 0. The Kier molecular flexibility index (Phi) is 4.81. The molecule has 1 aliphatic heterocycles. The van der Waals surface area contributed by atoms with Gasteiger partial charge in [-0.3, -0.25) is 4.79 Å². The number of methoxy groups -OCH3 is 1. The van der Waals surface area contributed by atoms with E-state index in [0.29, 0.717) is 6.42 Å². The van der Waals surface area contributed by atoms with Crippen LogP contribution < -0.4 is 9.64 Å². The van der Waals surface area contributed by atoms with Gasteiger partial charge in [0.15, 0.2) is 0 Å². The smallest absolute Gasteiger partial charge is 0.227 e. The second-order valence-electron chi connectivity index (χ2n) is 5.70. The van der Waals surface area contributed by atoms with Gasteiger partial charge >= 0.3 is 0 Å². The van der Waals surface area contributed by atoms with E-state index in [4.69, 9.17) is 4.74 Å². The summed E-state index contributed by atoms with van der Waals surface area (Å²) in [6.07, 6.45) is 0.482. The Labute approximate surface area is 137 Å². The third kappa shape index (κ3) is 3.65. The number of nitrogens with zero attached hydrogens (tertiary/aromatic N) is 2. The van der Waals surface area contributed by atoms with Crippen molar-refractivity contribution in [2.45, 2.75) is 6.42 Å². The van der Waals surface area contributed by atoms with Gasteiger partial charge in [0.25, 0.3) is 0 Å². The van der Waals surface area contributed by atoms with E-state index in [0.717, 1.165) is 43.2 Å². The normalized spacial score (nSPS) is 14.7. The zero-order valence-electron chi connectivity index (χ0n) is 13.4. The van der Waals surface area contributed by atoms with Crippen LogP contribution in [0.1, 0.15) is 5.56 Å². The number of carbonyl (C=O) groups is 1. The maximum atomic E-state index is 12.4. The van der Waals surface area contributed by atoms with Crippen LogP contribution in [-0.2, 0) is 11.2 Å². The second-order valence-corrected chi connectivity index (χ2v) is 5.70. The Morgan fingerprint density at radius 1 is 0.957 bits per heavy atom. The molecule has 0 aliphatic carbocycles. The number of carbonyl (C=O) groups excluding carboxylic acids is 1. The highest BCUT2D eigenvalue weighted by atomic mass is 16.5. The summed E-state index contributed by atoms with van der Waals surface area (Å²) in [7, 11) is 1.69. The number of amides is 1. The van der Waals surface area contributed by atoms with Crippen LogP contribution in [0.3, 0.4) is 0 Å². The molecule has 23 heavy (non-hydrogen) atoms. The summed E-state index contributed by atoms with van der Waals surface area (Å²) < 4.78 is 5.43. The molecule has 0 spiro atoms. The van der Waals surface area contributed by atoms with Crippen molar-refractivity contribution in [1.82, 2.24) is 4.90 Å². The van der Waals surface area contributed by atoms with Gasteiger partial charge in [0, 0.05) is 26.2 Å². The lowest BCUT2D eigenvalue weighted by molar-refractivity contribution is -0.130. The van der Waals surface area contributed by atoms with Crippen LogP contribution >= 0.6 is 0 Å². The van der Waals surface area contributed by atoms with Gasteiger partial charge in [-0.2, -0.15) is 0 Å². The molecule has 0 atom stereocenters. The van der Waals surface area contributed by atoms with Crippen LogP contribution in [0, 0.1) is 0 Å². The van der Waals surface area contributed by atoms with Gasteiger partial charge in [-0.05, 0) is 17.7 Å². The molecule has 4 heteroatoms. The SMILES string of the molecule is COc1ccccc1N1CCN(C(=O)Cc2ccccc2)CC1. The monoisotopic (exact) mass is 310 g/mol. The molecule has 120 valence electrons. The number of piperazine rings is 1. The predicted molar refractivity (Wildman–Crippen MR) is 91.9 cm³/mol. The van der Waals surface area contributed by atoms with Crippen LogP contribution in [-0.4, -0.2) is 44.1 Å². The molecule has 0 radical (unpaired) electrons. The molecule has 2 aromatic rings. The zero-order valence-corrected chi connectivity index (χ0v) is 13.4. The first-order valence-corrected chi connectivity index (χ1v) is 7.97. The number of anilines is 1. The quantitative estimate of drug-likeness (QED) is 0.870. The molecule has 1 saturated heterocycles. The molecule has 0 bridgehead atoms. The number of rotatable bonds is 4. The molecule has 0 unspecified atom stereocenters. The Balaban J connectivity index is 1.59. The molecule has 1 fully saturated rings. The lowest BCUT2D eigenvalue weighted by Gasteiger charge is -2.36. The van der Waals surface area contributed by atoms with Crippen molar-refractivity contribution >= 4 is 11.6 Å². The average molecular weight is 310 g/mol. The minimum atomic E-state index is 0.205. The number of hydrogen-bond acceptors (Lipinski definition) is 3. The third-order valence-electron chi connectivity index (χ3n) is 4.26. The molecule has 4 nitrogen and oxygen atoms in total. The first kappa shape index (κ1) is 15.4. The maximum absolute atomic E-state index is 12.4. The topological polar surface area (TPSA) is 32.8 Å². The van der Waals surface area contributed by atoms with E-state index in [1.54, 1.807) is 7.11 Å². The summed E-state index contributed by atoms with van der Waals surface area (Å²) in [6.45, 7) is 3.18. The van der Waals surface area contributed by atoms with Gasteiger partial charge in [-0.15, -0.1) is 0 Å². The lowest BCUT2D eigenvalue weighted by Crippen LogP contribution is -2.49. The minimum Gasteiger partial charge on any atom is -0.495 e. The van der Waals surface area contributed by atoms with Crippen molar-refractivity contribution in [2.75, 3.05) is 38.2 Å². The standard InChI is InChI=1S/C19H22N2O2/c1-23-18-10-6-5-9-17(18)20-11-13-21(14-12-20)19(22)15-16-7-3-2-4-8-16/h2-10H,11-15H2,1H3. The van der Waals surface area contributed by atoms with Crippen molar-refractivity contribution in [3.63, 3.8) is 0 Å². The van der Waals surface area contributed by atoms with E-state index in [9.17, 15) is 4.79 Å². The second kappa shape index (κ2) is 7.18. The summed E-state index contributed by atoms with van der Waals surface area (Å²) in [5, 5.41) is 0. The molecule has 0 aromatic heterocycles. The first-order chi connectivity index (χ1) is 11.3. The molecular formula is C19H22N2O2. The zero-order chi connectivity index (χ0) is 16.1. The fourth-order valence-corrected chi connectivity index (χ4v) is 2.97. The van der Waals surface area contributed by atoms with Crippen molar-refractivity contribution in [1.29, 1.82) is 0 Å². The van der Waals surface area contributed by atoms with Gasteiger partial charge in [-0.1, -0.05) is 42.5 Å². The molecular weight excluding hydrogens is 288 g/mol. The Morgan fingerprint density at radius 3 is 2.30 bits per heavy atom. The molecule has 3 rings (SSSR count). The fraction of sp³-hybridized carbons (Fsp3) is 0.316.